The van der Waals surface area contributed by atoms with Crippen molar-refractivity contribution in [2.75, 3.05) is 34.9 Å². The lowest BCUT2D eigenvalue weighted by Gasteiger charge is -2.25. The van der Waals surface area contributed by atoms with Crippen LogP contribution in [0.4, 0.5) is 0 Å². The molecule has 5 nitrogen and oxygen atoms in total. The Morgan fingerprint density at radius 2 is 1.84 bits per heavy atom. The van der Waals surface area contributed by atoms with Gasteiger partial charge in [0.05, 0.1) is 25.3 Å². The number of carbonyl (C=O) groups is 1. The molecule has 1 amide bonds. The van der Waals surface area contributed by atoms with Crippen LogP contribution in [0, 0.1) is 0 Å². The van der Waals surface area contributed by atoms with Crippen molar-refractivity contribution in [2.24, 2.45) is 0 Å². The zero-order valence-corrected chi connectivity index (χ0v) is 15.6. The molecule has 0 heterocycles. The van der Waals surface area contributed by atoms with Crippen LogP contribution in [-0.4, -0.2) is 45.7 Å². The molecule has 0 bridgehead atoms. The van der Waals surface area contributed by atoms with Gasteiger partial charge in [0.15, 0.2) is 11.5 Å². The lowest BCUT2D eigenvalue weighted by molar-refractivity contribution is 0.0941. The molecule has 1 atom stereocenters. The predicted molar refractivity (Wildman–Crippen MR) is 99.8 cm³/mol. The third kappa shape index (κ3) is 4.65. The van der Waals surface area contributed by atoms with Gasteiger partial charge < -0.3 is 19.7 Å². The summed E-state index contributed by atoms with van der Waals surface area (Å²) < 4.78 is 10.4. The van der Waals surface area contributed by atoms with Crippen LogP contribution in [0.15, 0.2) is 42.5 Å². The predicted octanol–water partition coefficient (Wildman–Crippen LogP) is 3.39. The van der Waals surface area contributed by atoms with Crippen molar-refractivity contribution >= 4 is 17.5 Å². The molecule has 2 rings (SSSR count). The molecule has 134 valence electrons. The van der Waals surface area contributed by atoms with Crippen LogP contribution < -0.4 is 14.8 Å². The second-order valence-corrected chi connectivity index (χ2v) is 6.20. The Labute approximate surface area is 153 Å². The van der Waals surface area contributed by atoms with Crippen molar-refractivity contribution in [1.29, 1.82) is 0 Å². The number of benzene rings is 2. The summed E-state index contributed by atoms with van der Waals surface area (Å²) in [6.07, 6.45) is 0. The average molecular weight is 363 g/mol. The molecule has 6 heteroatoms. The van der Waals surface area contributed by atoms with Crippen molar-refractivity contribution in [3.63, 3.8) is 0 Å². The third-order valence-corrected chi connectivity index (χ3v) is 4.24. The lowest BCUT2D eigenvalue weighted by Crippen LogP contribution is -2.34. The Balaban J connectivity index is 2.15. The third-order valence-electron chi connectivity index (χ3n) is 3.96. The van der Waals surface area contributed by atoms with Gasteiger partial charge in [0.2, 0.25) is 0 Å². The van der Waals surface area contributed by atoms with Crippen molar-refractivity contribution in [2.45, 2.75) is 6.04 Å². The first kappa shape index (κ1) is 19.1. The van der Waals surface area contributed by atoms with Crippen LogP contribution in [0.2, 0.25) is 5.02 Å². The van der Waals surface area contributed by atoms with Gasteiger partial charge in [-0.05, 0) is 31.8 Å². The fourth-order valence-electron chi connectivity index (χ4n) is 2.61. The first-order valence-electron chi connectivity index (χ1n) is 7.89. The monoisotopic (exact) mass is 362 g/mol. The van der Waals surface area contributed by atoms with Gasteiger partial charge in [0.1, 0.15) is 0 Å². The minimum absolute atomic E-state index is 0.0702. The number of amides is 1. The first-order valence-corrected chi connectivity index (χ1v) is 8.26. The maximum Gasteiger partial charge on any atom is 0.251 e. The highest BCUT2D eigenvalue weighted by atomic mass is 35.5. The van der Waals surface area contributed by atoms with Gasteiger partial charge in [0, 0.05) is 12.1 Å². The number of methoxy groups -OCH3 is 2. The summed E-state index contributed by atoms with van der Waals surface area (Å²) in [6.45, 7) is 0.474. The van der Waals surface area contributed by atoms with Gasteiger partial charge in [-0.15, -0.1) is 0 Å². The molecule has 1 unspecified atom stereocenters. The van der Waals surface area contributed by atoms with E-state index >= 15 is 0 Å². The number of nitrogens with zero attached hydrogens (tertiary/aromatic N) is 1. The molecule has 0 aliphatic carbocycles. The molecule has 0 saturated heterocycles. The lowest BCUT2D eigenvalue weighted by atomic mass is 10.1. The summed E-state index contributed by atoms with van der Waals surface area (Å²) in [4.78, 5) is 14.6. The van der Waals surface area contributed by atoms with Crippen LogP contribution in [0.3, 0.4) is 0 Å². The Morgan fingerprint density at radius 3 is 2.40 bits per heavy atom. The van der Waals surface area contributed by atoms with Crippen LogP contribution in [0.1, 0.15) is 22.0 Å². The van der Waals surface area contributed by atoms with E-state index < -0.39 is 0 Å². The van der Waals surface area contributed by atoms with E-state index in [0.717, 1.165) is 5.56 Å². The second-order valence-electron chi connectivity index (χ2n) is 5.79. The van der Waals surface area contributed by atoms with Crippen molar-refractivity contribution in [3.05, 3.63) is 58.6 Å². The van der Waals surface area contributed by atoms with Crippen LogP contribution in [-0.2, 0) is 0 Å². The zero-order valence-electron chi connectivity index (χ0n) is 14.9. The van der Waals surface area contributed by atoms with Crippen LogP contribution >= 0.6 is 11.6 Å². The smallest absolute Gasteiger partial charge is 0.251 e. The Bertz CT molecular complexity index is 720. The fraction of sp³-hybridized carbons (Fsp3) is 0.316. The molecule has 1 N–H and O–H groups in total. The first-order chi connectivity index (χ1) is 12.0. The van der Waals surface area contributed by atoms with E-state index in [1.54, 1.807) is 12.1 Å². The van der Waals surface area contributed by atoms with E-state index in [9.17, 15) is 4.79 Å². The molecular weight excluding hydrogens is 340 g/mol. The van der Waals surface area contributed by atoms with E-state index in [0.29, 0.717) is 28.6 Å². The van der Waals surface area contributed by atoms with Crippen molar-refractivity contribution in [1.82, 2.24) is 10.2 Å². The molecule has 0 radical (unpaired) electrons. The Morgan fingerprint density at radius 1 is 1.16 bits per heavy atom. The number of carbonyl (C=O) groups excluding carboxylic acids is 1. The Hall–Kier alpha value is -2.24. The number of likely N-dealkylation sites (N-methyl/N-ethyl adjacent to an activating group) is 1. The average Bonchev–Trinajstić information content (AvgIpc) is 2.61. The minimum Gasteiger partial charge on any atom is -0.493 e. The minimum atomic E-state index is -0.217. The zero-order chi connectivity index (χ0) is 18.4. The van der Waals surface area contributed by atoms with E-state index in [-0.39, 0.29) is 11.9 Å². The maximum absolute atomic E-state index is 12.5. The van der Waals surface area contributed by atoms with Gasteiger partial charge in [-0.2, -0.15) is 0 Å². The fourth-order valence-corrected chi connectivity index (χ4v) is 2.90. The van der Waals surface area contributed by atoms with Gasteiger partial charge in [-0.25, -0.2) is 0 Å². The topological polar surface area (TPSA) is 50.8 Å². The number of ether oxygens (including phenoxy) is 2. The highest BCUT2D eigenvalue weighted by molar-refractivity contribution is 6.32. The molecule has 0 spiro atoms. The number of hydrogen-bond donors (Lipinski definition) is 1. The van der Waals surface area contributed by atoms with Gasteiger partial charge in [0.25, 0.3) is 5.91 Å². The Kier molecular flexibility index (Phi) is 6.67. The second kappa shape index (κ2) is 8.74. The van der Waals surface area contributed by atoms with Crippen LogP contribution in [0.5, 0.6) is 11.5 Å². The summed E-state index contributed by atoms with van der Waals surface area (Å²) in [5.74, 6) is 0.620. The SMILES string of the molecule is COc1cc(C(=O)NCC(c2ccccc2)N(C)C)cc(Cl)c1OC. The normalized spacial score (nSPS) is 11.9. The number of rotatable bonds is 7. The van der Waals surface area contributed by atoms with E-state index in [1.807, 2.05) is 44.4 Å². The van der Waals surface area contributed by atoms with Crippen LogP contribution in [0.25, 0.3) is 0 Å². The molecule has 0 aliphatic heterocycles. The summed E-state index contributed by atoms with van der Waals surface area (Å²) in [7, 11) is 6.98. The van der Waals surface area contributed by atoms with Crippen molar-refractivity contribution < 1.29 is 14.3 Å². The van der Waals surface area contributed by atoms with E-state index in [2.05, 4.69) is 10.2 Å². The summed E-state index contributed by atoms with van der Waals surface area (Å²) in [5.41, 5.74) is 1.56. The quantitative estimate of drug-likeness (QED) is 0.820. The van der Waals surface area contributed by atoms with E-state index in [1.165, 1.54) is 14.2 Å². The maximum atomic E-state index is 12.5. The number of hydrogen-bond acceptors (Lipinski definition) is 4. The molecule has 0 aliphatic rings. The molecule has 0 saturated carbocycles. The largest absolute Gasteiger partial charge is 0.493 e. The van der Waals surface area contributed by atoms with Gasteiger partial charge in [-0.1, -0.05) is 41.9 Å². The summed E-state index contributed by atoms with van der Waals surface area (Å²) in [5, 5.41) is 3.29. The highest BCUT2D eigenvalue weighted by Crippen LogP contribution is 2.36. The number of nitrogens with one attached hydrogen (secondary N) is 1. The van der Waals surface area contributed by atoms with Gasteiger partial charge >= 0.3 is 0 Å². The molecule has 0 aromatic heterocycles. The molecule has 25 heavy (non-hydrogen) atoms. The molecule has 2 aromatic rings. The molecule has 0 fully saturated rings. The summed E-state index contributed by atoms with van der Waals surface area (Å²) in [6, 6.07) is 13.3. The summed E-state index contributed by atoms with van der Waals surface area (Å²) >= 11 is 6.17. The molecular formula is C19H23ClN2O3. The van der Waals surface area contributed by atoms with E-state index in [4.69, 9.17) is 21.1 Å². The van der Waals surface area contributed by atoms with Gasteiger partial charge in [-0.3, -0.25) is 4.79 Å². The highest BCUT2D eigenvalue weighted by Gasteiger charge is 2.18. The standard InChI is InChI=1S/C19H23ClN2O3/c1-22(2)16(13-8-6-5-7-9-13)12-21-19(23)14-10-15(20)18(25-4)17(11-14)24-3/h5-11,16H,12H2,1-4H3,(H,21,23). The number of halogens is 1. The molecule has 2 aromatic carbocycles. The van der Waals surface area contributed by atoms with Crippen molar-refractivity contribution in [3.8, 4) is 11.5 Å².